The van der Waals surface area contributed by atoms with Gasteiger partial charge in [0.2, 0.25) is 5.91 Å². The smallest absolute Gasteiger partial charge is 0.241 e. The number of nitrogens with one attached hydrogen (secondary N) is 1. The van der Waals surface area contributed by atoms with Crippen molar-refractivity contribution in [1.29, 1.82) is 0 Å². The van der Waals surface area contributed by atoms with Gasteiger partial charge in [-0.1, -0.05) is 48.0 Å². The summed E-state index contributed by atoms with van der Waals surface area (Å²) in [5.74, 6) is 2.02. The minimum atomic E-state index is 0.0188. The lowest BCUT2D eigenvalue weighted by Gasteiger charge is -2.34. The van der Waals surface area contributed by atoms with E-state index in [1.165, 1.54) is 0 Å². The van der Waals surface area contributed by atoms with Crippen LogP contribution in [0.25, 0.3) is 0 Å². The first kappa shape index (κ1) is 17.5. The summed E-state index contributed by atoms with van der Waals surface area (Å²) in [7, 11) is 0. The summed E-state index contributed by atoms with van der Waals surface area (Å²) in [6, 6.07) is 0.339. The van der Waals surface area contributed by atoms with Gasteiger partial charge in [0.05, 0.1) is 12.2 Å². The molecule has 1 amide bonds. The lowest BCUT2D eigenvalue weighted by molar-refractivity contribution is -0.133. The first-order valence-electron chi connectivity index (χ1n) is 8.36. The average Bonchev–Trinajstić information content (AvgIpc) is 2.62. The zero-order chi connectivity index (χ0) is 15.4. The molecule has 1 fully saturated rings. The lowest BCUT2D eigenvalue weighted by Crippen LogP contribution is -2.46. The van der Waals surface area contributed by atoms with E-state index in [0.29, 0.717) is 29.7 Å². The zero-order valence-corrected chi connectivity index (χ0v) is 14.4. The van der Waals surface area contributed by atoms with Gasteiger partial charge in [0, 0.05) is 6.04 Å². The monoisotopic (exact) mass is 282 g/mol. The predicted molar refractivity (Wildman–Crippen MR) is 85.4 cm³/mol. The van der Waals surface area contributed by atoms with Crippen LogP contribution in [0, 0.1) is 17.8 Å². The highest BCUT2D eigenvalue weighted by Crippen LogP contribution is 2.27. The SMILES string of the molecule is CCC(C)C(C)N1C(=O)C(CC(C)C)NC1CC(C)C. The quantitative estimate of drug-likeness (QED) is 0.773. The molecule has 1 aliphatic heterocycles. The molecule has 1 aliphatic rings. The highest BCUT2D eigenvalue weighted by molar-refractivity contribution is 5.84. The molecule has 118 valence electrons. The molecule has 0 aliphatic carbocycles. The molecule has 20 heavy (non-hydrogen) atoms. The van der Waals surface area contributed by atoms with E-state index < -0.39 is 0 Å². The molecule has 0 aromatic heterocycles. The summed E-state index contributed by atoms with van der Waals surface area (Å²) in [5.41, 5.74) is 0. The fraction of sp³-hybridized carbons (Fsp3) is 0.941. The van der Waals surface area contributed by atoms with Crippen LogP contribution < -0.4 is 5.32 Å². The molecule has 0 radical (unpaired) electrons. The third-order valence-corrected chi connectivity index (χ3v) is 4.59. The molecule has 1 N–H and O–H groups in total. The maximum absolute atomic E-state index is 12.8. The number of carbonyl (C=O) groups excluding carboxylic acids is 1. The van der Waals surface area contributed by atoms with Crippen molar-refractivity contribution in [3.05, 3.63) is 0 Å². The van der Waals surface area contributed by atoms with Gasteiger partial charge in [0.25, 0.3) is 0 Å². The molecular formula is C17H34N2O. The topological polar surface area (TPSA) is 32.3 Å². The number of amides is 1. The van der Waals surface area contributed by atoms with E-state index in [2.05, 4.69) is 58.7 Å². The Morgan fingerprint density at radius 1 is 1.05 bits per heavy atom. The fourth-order valence-electron chi connectivity index (χ4n) is 3.09. The molecule has 4 atom stereocenters. The molecule has 0 aromatic rings. The van der Waals surface area contributed by atoms with Crippen LogP contribution >= 0.6 is 0 Å². The van der Waals surface area contributed by atoms with E-state index >= 15 is 0 Å². The Hall–Kier alpha value is -0.570. The van der Waals surface area contributed by atoms with Gasteiger partial charge in [0.15, 0.2) is 0 Å². The van der Waals surface area contributed by atoms with Gasteiger partial charge in [-0.3, -0.25) is 10.1 Å². The Kier molecular flexibility index (Phi) is 6.50. The average molecular weight is 282 g/mol. The van der Waals surface area contributed by atoms with Crippen molar-refractivity contribution in [2.24, 2.45) is 17.8 Å². The third kappa shape index (κ3) is 4.21. The number of nitrogens with zero attached hydrogens (tertiary/aromatic N) is 1. The second-order valence-corrected chi connectivity index (χ2v) is 7.37. The molecule has 1 heterocycles. The van der Waals surface area contributed by atoms with Gasteiger partial charge < -0.3 is 4.90 Å². The van der Waals surface area contributed by atoms with E-state index in [1.54, 1.807) is 0 Å². The Morgan fingerprint density at radius 2 is 1.60 bits per heavy atom. The minimum absolute atomic E-state index is 0.0188. The molecule has 3 nitrogen and oxygen atoms in total. The van der Waals surface area contributed by atoms with Crippen LogP contribution in [-0.2, 0) is 4.79 Å². The number of carbonyl (C=O) groups is 1. The Morgan fingerprint density at radius 3 is 2.05 bits per heavy atom. The second-order valence-electron chi connectivity index (χ2n) is 7.37. The second kappa shape index (κ2) is 7.44. The van der Waals surface area contributed by atoms with E-state index in [1.807, 2.05) is 0 Å². The molecule has 3 heteroatoms. The van der Waals surface area contributed by atoms with Crippen molar-refractivity contribution in [3.8, 4) is 0 Å². The van der Waals surface area contributed by atoms with Gasteiger partial charge in [-0.15, -0.1) is 0 Å². The van der Waals surface area contributed by atoms with E-state index in [-0.39, 0.29) is 12.2 Å². The Labute approximate surface area is 125 Å². The maximum atomic E-state index is 12.8. The largest absolute Gasteiger partial charge is 0.323 e. The zero-order valence-electron chi connectivity index (χ0n) is 14.4. The molecule has 1 rings (SSSR count). The summed E-state index contributed by atoms with van der Waals surface area (Å²) in [6.45, 7) is 15.5. The number of rotatable bonds is 7. The van der Waals surface area contributed by atoms with Gasteiger partial charge in [-0.25, -0.2) is 0 Å². The van der Waals surface area contributed by atoms with Crippen LogP contribution in [0.15, 0.2) is 0 Å². The molecule has 0 aromatic carbocycles. The van der Waals surface area contributed by atoms with E-state index in [4.69, 9.17) is 0 Å². The van der Waals surface area contributed by atoms with Crippen molar-refractivity contribution in [2.45, 2.75) is 86.0 Å². The van der Waals surface area contributed by atoms with Crippen LogP contribution in [-0.4, -0.2) is 29.1 Å². The number of hydrogen-bond donors (Lipinski definition) is 1. The normalized spacial score (nSPS) is 26.6. The van der Waals surface area contributed by atoms with Crippen LogP contribution in [0.2, 0.25) is 0 Å². The van der Waals surface area contributed by atoms with E-state index in [0.717, 1.165) is 19.3 Å². The van der Waals surface area contributed by atoms with Gasteiger partial charge in [0.1, 0.15) is 0 Å². The van der Waals surface area contributed by atoms with Gasteiger partial charge in [-0.05, 0) is 37.5 Å². The number of hydrogen-bond acceptors (Lipinski definition) is 2. The highest BCUT2D eigenvalue weighted by atomic mass is 16.2. The molecule has 1 saturated heterocycles. The van der Waals surface area contributed by atoms with Gasteiger partial charge >= 0.3 is 0 Å². The molecule has 0 saturated carbocycles. The molecule has 0 bridgehead atoms. The maximum Gasteiger partial charge on any atom is 0.241 e. The van der Waals surface area contributed by atoms with Crippen molar-refractivity contribution >= 4 is 5.91 Å². The van der Waals surface area contributed by atoms with Crippen LogP contribution in [0.4, 0.5) is 0 Å². The Balaban J connectivity index is 2.87. The lowest BCUT2D eigenvalue weighted by atomic mass is 9.97. The Bertz CT molecular complexity index is 314. The first-order valence-corrected chi connectivity index (χ1v) is 8.36. The summed E-state index contributed by atoms with van der Waals surface area (Å²) in [5, 5.41) is 3.59. The summed E-state index contributed by atoms with van der Waals surface area (Å²) in [4.78, 5) is 14.9. The van der Waals surface area contributed by atoms with Crippen molar-refractivity contribution in [3.63, 3.8) is 0 Å². The molecular weight excluding hydrogens is 248 g/mol. The molecule has 4 unspecified atom stereocenters. The fourth-order valence-corrected chi connectivity index (χ4v) is 3.09. The third-order valence-electron chi connectivity index (χ3n) is 4.59. The first-order chi connectivity index (χ1) is 9.27. The highest BCUT2D eigenvalue weighted by Gasteiger charge is 2.42. The summed E-state index contributed by atoms with van der Waals surface area (Å²) < 4.78 is 0. The summed E-state index contributed by atoms with van der Waals surface area (Å²) >= 11 is 0. The van der Waals surface area contributed by atoms with Gasteiger partial charge in [-0.2, -0.15) is 0 Å². The summed E-state index contributed by atoms with van der Waals surface area (Å²) in [6.07, 6.45) is 3.32. The van der Waals surface area contributed by atoms with Crippen molar-refractivity contribution < 1.29 is 4.79 Å². The molecule has 0 spiro atoms. The van der Waals surface area contributed by atoms with Crippen molar-refractivity contribution in [2.75, 3.05) is 0 Å². The van der Waals surface area contributed by atoms with Crippen LogP contribution in [0.3, 0.4) is 0 Å². The van der Waals surface area contributed by atoms with E-state index in [9.17, 15) is 4.79 Å². The predicted octanol–water partition coefficient (Wildman–Crippen LogP) is 3.64. The van der Waals surface area contributed by atoms with Crippen molar-refractivity contribution in [1.82, 2.24) is 10.2 Å². The minimum Gasteiger partial charge on any atom is -0.323 e. The van der Waals surface area contributed by atoms with Crippen LogP contribution in [0.1, 0.15) is 67.7 Å². The van der Waals surface area contributed by atoms with Crippen LogP contribution in [0.5, 0.6) is 0 Å². The standard InChI is InChI=1S/C17H34N2O/c1-8-13(6)14(7)19-16(10-12(4)5)18-15(17(19)20)9-11(2)3/h11-16,18H,8-10H2,1-7H3.